The van der Waals surface area contributed by atoms with Crippen molar-refractivity contribution in [3.63, 3.8) is 0 Å². The van der Waals surface area contributed by atoms with Crippen molar-refractivity contribution >= 4 is 11.8 Å². The molecule has 0 aliphatic carbocycles. The monoisotopic (exact) mass is 331 g/mol. The quantitative estimate of drug-likeness (QED) is 0.701. The molecule has 0 aromatic carbocycles. The van der Waals surface area contributed by atoms with Gasteiger partial charge in [-0.15, -0.1) is 0 Å². The summed E-state index contributed by atoms with van der Waals surface area (Å²) in [5.41, 5.74) is 0. The maximum Gasteiger partial charge on any atom is 0.224 e. The van der Waals surface area contributed by atoms with E-state index in [4.69, 9.17) is 4.98 Å². The summed E-state index contributed by atoms with van der Waals surface area (Å²) < 4.78 is 0. The second-order valence-corrected chi connectivity index (χ2v) is 6.59. The maximum atomic E-state index is 4.69. The average molecular weight is 332 g/mol. The maximum absolute atomic E-state index is 4.69. The molecule has 2 rings (SSSR count). The number of likely N-dealkylation sites (N-methyl/N-ethyl adjacent to an activating group) is 1. The molecule has 1 aliphatic heterocycles. The molecule has 0 saturated carbocycles. The zero-order valence-electron chi connectivity index (χ0n) is 15.4. The molecule has 0 spiro atoms. The van der Waals surface area contributed by atoms with Crippen LogP contribution in [0.3, 0.4) is 0 Å². The Hall–Kier alpha value is -1.62. The number of allylic oxidation sites excluding steroid dienone is 1. The Kier molecular flexibility index (Phi) is 8.60. The normalized spacial score (nSPS) is 15.9. The minimum Gasteiger partial charge on any atom is -0.356 e. The highest BCUT2D eigenvalue weighted by atomic mass is 15.2. The summed E-state index contributed by atoms with van der Waals surface area (Å²) in [6, 6.07) is 2.03. The molecule has 0 atom stereocenters. The van der Waals surface area contributed by atoms with Gasteiger partial charge in [-0.1, -0.05) is 38.3 Å². The molecule has 1 aromatic heterocycles. The van der Waals surface area contributed by atoms with E-state index >= 15 is 0 Å². The Balaban J connectivity index is 1.75. The van der Waals surface area contributed by atoms with E-state index < -0.39 is 0 Å². The summed E-state index contributed by atoms with van der Waals surface area (Å²) in [6.07, 6.45) is 14.0. The molecule has 134 valence electrons. The molecule has 1 fully saturated rings. The van der Waals surface area contributed by atoms with Gasteiger partial charge in [0.15, 0.2) is 0 Å². The first-order valence-electron chi connectivity index (χ1n) is 9.45. The average Bonchev–Trinajstić information content (AvgIpc) is 2.88. The lowest BCUT2D eigenvalue weighted by Crippen LogP contribution is -2.27. The summed E-state index contributed by atoms with van der Waals surface area (Å²) in [4.78, 5) is 13.7. The molecule has 0 amide bonds. The van der Waals surface area contributed by atoms with E-state index in [0.717, 1.165) is 44.5 Å². The zero-order valence-corrected chi connectivity index (χ0v) is 15.4. The second kappa shape index (κ2) is 11.0. The topological polar surface area (TPSA) is 44.3 Å². The van der Waals surface area contributed by atoms with Gasteiger partial charge < -0.3 is 15.1 Å². The molecule has 5 nitrogen and oxygen atoms in total. The lowest BCUT2D eigenvalue weighted by molar-refractivity contribution is 0.384. The lowest BCUT2D eigenvalue weighted by Gasteiger charge is -2.21. The van der Waals surface area contributed by atoms with E-state index in [9.17, 15) is 0 Å². The summed E-state index contributed by atoms with van der Waals surface area (Å²) in [6.45, 7) is 7.27. The Morgan fingerprint density at radius 1 is 1.21 bits per heavy atom. The summed E-state index contributed by atoms with van der Waals surface area (Å²) in [5.74, 6) is 1.80. The van der Waals surface area contributed by atoms with Crippen molar-refractivity contribution in [3.05, 3.63) is 24.4 Å². The number of anilines is 2. The van der Waals surface area contributed by atoms with E-state index in [1.807, 2.05) is 12.3 Å². The van der Waals surface area contributed by atoms with Gasteiger partial charge in [0.2, 0.25) is 5.95 Å². The molecule has 0 bridgehead atoms. The predicted molar refractivity (Wildman–Crippen MR) is 103 cm³/mol. The van der Waals surface area contributed by atoms with Gasteiger partial charge in [0, 0.05) is 38.9 Å². The minimum absolute atomic E-state index is 0.742. The van der Waals surface area contributed by atoms with Gasteiger partial charge in [0.1, 0.15) is 5.82 Å². The first-order valence-corrected chi connectivity index (χ1v) is 9.45. The molecule has 0 radical (unpaired) electrons. The van der Waals surface area contributed by atoms with Gasteiger partial charge in [-0.05, 0) is 32.4 Å². The van der Waals surface area contributed by atoms with Crippen molar-refractivity contribution in [3.8, 4) is 0 Å². The molecule has 1 N–H and O–H groups in total. The van der Waals surface area contributed by atoms with E-state index in [1.165, 1.54) is 38.5 Å². The summed E-state index contributed by atoms with van der Waals surface area (Å²) >= 11 is 0. The van der Waals surface area contributed by atoms with E-state index in [-0.39, 0.29) is 0 Å². The van der Waals surface area contributed by atoms with Crippen molar-refractivity contribution in [1.29, 1.82) is 0 Å². The number of rotatable bonds is 9. The van der Waals surface area contributed by atoms with Crippen LogP contribution in [0.2, 0.25) is 0 Å². The van der Waals surface area contributed by atoms with Crippen LogP contribution >= 0.6 is 0 Å². The molecule has 1 saturated heterocycles. The Bertz CT molecular complexity index is 480. The van der Waals surface area contributed by atoms with Crippen molar-refractivity contribution in [1.82, 2.24) is 14.9 Å². The van der Waals surface area contributed by atoms with E-state index in [0.29, 0.717) is 0 Å². The summed E-state index contributed by atoms with van der Waals surface area (Å²) in [7, 11) is 2.15. The van der Waals surface area contributed by atoms with Gasteiger partial charge in [-0.25, -0.2) is 4.98 Å². The fraction of sp³-hybridized carbons (Fsp3) is 0.684. The zero-order chi connectivity index (χ0) is 17.0. The first-order chi connectivity index (χ1) is 11.8. The predicted octanol–water partition coefficient (Wildman–Crippen LogP) is 3.56. The fourth-order valence-corrected chi connectivity index (χ4v) is 2.90. The van der Waals surface area contributed by atoms with Gasteiger partial charge in [-0.2, -0.15) is 4.98 Å². The van der Waals surface area contributed by atoms with Crippen molar-refractivity contribution in [2.45, 2.75) is 45.4 Å². The molecule has 2 heterocycles. The van der Waals surface area contributed by atoms with Crippen LogP contribution in [0.25, 0.3) is 0 Å². The van der Waals surface area contributed by atoms with Crippen LogP contribution < -0.4 is 10.2 Å². The van der Waals surface area contributed by atoms with Crippen molar-refractivity contribution < 1.29 is 0 Å². The van der Waals surface area contributed by atoms with Crippen LogP contribution in [-0.2, 0) is 0 Å². The fourth-order valence-electron chi connectivity index (χ4n) is 2.90. The Morgan fingerprint density at radius 2 is 2.00 bits per heavy atom. The molecule has 1 aromatic rings. The lowest BCUT2D eigenvalue weighted by atomic mass is 10.2. The van der Waals surface area contributed by atoms with E-state index in [1.54, 1.807) is 0 Å². The third kappa shape index (κ3) is 6.87. The van der Waals surface area contributed by atoms with Crippen LogP contribution in [0.1, 0.15) is 45.4 Å². The van der Waals surface area contributed by atoms with Gasteiger partial charge in [0.25, 0.3) is 0 Å². The Morgan fingerprint density at radius 3 is 2.75 bits per heavy atom. The highest BCUT2D eigenvalue weighted by Crippen LogP contribution is 2.17. The van der Waals surface area contributed by atoms with Gasteiger partial charge in [-0.3, -0.25) is 0 Å². The number of nitrogens with zero attached hydrogens (tertiary/aromatic N) is 4. The third-order valence-electron chi connectivity index (χ3n) is 4.39. The number of unbranched alkanes of at least 4 members (excludes halogenated alkanes) is 1. The van der Waals surface area contributed by atoms with Crippen LogP contribution in [0.4, 0.5) is 11.8 Å². The molecule has 1 aliphatic rings. The number of nitrogens with one attached hydrogen (secondary N) is 1. The summed E-state index contributed by atoms with van der Waals surface area (Å²) in [5, 5.41) is 3.36. The van der Waals surface area contributed by atoms with Crippen LogP contribution in [0, 0.1) is 0 Å². The molecule has 5 heteroatoms. The van der Waals surface area contributed by atoms with Crippen LogP contribution in [0.15, 0.2) is 24.4 Å². The highest BCUT2D eigenvalue weighted by molar-refractivity contribution is 5.42. The number of aromatic nitrogens is 2. The smallest absolute Gasteiger partial charge is 0.224 e. The molecular weight excluding hydrogens is 298 g/mol. The number of hydrogen-bond donors (Lipinski definition) is 1. The highest BCUT2D eigenvalue weighted by Gasteiger charge is 2.11. The largest absolute Gasteiger partial charge is 0.356 e. The minimum atomic E-state index is 0.742. The third-order valence-corrected chi connectivity index (χ3v) is 4.39. The van der Waals surface area contributed by atoms with Crippen molar-refractivity contribution in [2.24, 2.45) is 0 Å². The SMILES string of the molecule is CCCC=CCN(C)CCNc1nccc(N2CCCCCC2)n1. The van der Waals surface area contributed by atoms with Gasteiger partial charge >= 0.3 is 0 Å². The Labute approximate surface area is 147 Å². The molecule has 24 heavy (non-hydrogen) atoms. The number of hydrogen-bond acceptors (Lipinski definition) is 5. The van der Waals surface area contributed by atoms with Crippen molar-refractivity contribution in [2.75, 3.05) is 50.0 Å². The first kappa shape index (κ1) is 18.7. The standard InChI is InChI=1S/C19H33N5/c1-3-4-5-8-14-23(2)17-13-21-19-20-12-11-18(22-19)24-15-9-6-7-10-16-24/h5,8,11-12H,3-4,6-7,9-10,13-17H2,1-2H3,(H,20,21,22). The van der Waals surface area contributed by atoms with Gasteiger partial charge in [0.05, 0.1) is 0 Å². The second-order valence-electron chi connectivity index (χ2n) is 6.59. The van der Waals surface area contributed by atoms with Crippen LogP contribution in [-0.4, -0.2) is 54.6 Å². The van der Waals surface area contributed by atoms with E-state index in [2.05, 4.69) is 46.2 Å². The van der Waals surface area contributed by atoms with Crippen LogP contribution in [0.5, 0.6) is 0 Å². The molecule has 0 unspecified atom stereocenters. The molecular formula is C19H33N5.